The van der Waals surface area contributed by atoms with E-state index >= 15 is 0 Å². The van der Waals surface area contributed by atoms with Crippen molar-refractivity contribution >= 4 is 85.2 Å². The Labute approximate surface area is 472 Å². The molecule has 13 rings (SSSR count). The molecular weight excluding hydrogens is 958 g/mol. The first kappa shape index (κ1) is 51.5. The Morgan fingerprint density at radius 3 is 1.70 bits per heavy atom. The van der Waals surface area contributed by atoms with E-state index in [4.69, 9.17) is 4.42 Å². The molecule has 79 heavy (non-hydrogen) atoms. The second kappa shape index (κ2) is 17.3. The summed E-state index contributed by atoms with van der Waals surface area (Å²) in [5.41, 5.74) is 27.4. The highest BCUT2D eigenvalue weighted by molar-refractivity contribution is 6.93. The highest BCUT2D eigenvalue weighted by atomic mass is 16.3. The van der Waals surface area contributed by atoms with Crippen LogP contribution in [0.5, 0.6) is 0 Å². The minimum Gasteiger partial charge on any atom is -0.455 e. The van der Waals surface area contributed by atoms with Crippen molar-refractivity contribution in [3.8, 4) is 11.1 Å². The number of hydrogen-bond donors (Lipinski definition) is 0. The van der Waals surface area contributed by atoms with E-state index in [1.54, 1.807) is 0 Å². The Balaban J connectivity index is 1.15. The van der Waals surface area contributed by atoms with Gasteiger partial charge in [0.1, 0.15) is 11.2 Å². The maximum atomic E-state index is 7.15. The van der Waals surface area contributed by atoms with Gasteiger partial charge < -0.3 is 19.0 Å². The lowest BCUT2D eigenvalue weighted by molar-refractivity contribution is 0.332. The summed E-state index contributed by atoms with van der Waals surface area (Å²) in [6.45, 7) is 38.1. The SMILES string of the molecule is Cc1cc2c3c(c1)N(c1cc4c(cc1C)C(C)(C)CCC4(C)C)c1cc(N(c4cccc(C(C)(C)C)c4)c4cccc(C(C)(C)C)c4)ccc1B3N(c1ccc3c(c1)C(C)(C)CCC3(C)C)c1ccc3c(oc4ccccc43)c1-2. The second-order valence-electron chi connectivity index (χ2n) is 28.9. The van der Waals surface area contributed by atoms with Crippen LogP contribution in [0.4, 0.5) is 45.5 Å². The average Bonchev–Trinajstić information content (AvgIpc) is 3.79. The van der Waals surface area contributed by atoms with E-state index in [2.05, 4.69) is 271 Å². The van der Waals surface area contributed by atoms with Gasteiger partial charge in [0.15, 0.2) is 0 Å². The Bertz CT molecular complexity index is 3940. The molecule has 0 saturated carbocycles. The Hall–Kier alpha value is -6.98. The van der Waals surface area contributed by atoms with Gasteiger partial charge in [-0.15, -0.1) is 0 Å². The van der Waals surface area contributed by atoms with Crippen molar-refractivity contribution < 1.29 is 4.42 Å². The summed E-state index contributed by atoms with van der Waals surface area (Å²) in [6, 6.07) is 56.9. The first-order valence-corrected chi connectivity index (χ1v) is 29.4. The van der Waals surface area contributed by atoms with Crippen LogP contribution < -0.4 is 25.5 Å². The average molecular weight is 1040 g/mol. The molecule has 8 aromatic carbocycles. The smallest absolute Gasteiger partial charge is 0.333 e. The van der Waals surface area contributed by atoms with Gasteiger partial charge in [0.05, 0.1) is 0 Å². The first-order valence-electron chi connectivity index (χ1n) is 29.4. The molecule has 0 saturated heterocycles. The van der Waals surface area contributed by atoms with Crippen molar-refractivity contribution in [2.45, 2.75) is 169 Å². The number of benzene rings is 8. The molecule has 9 aromatic rings. The van der Waals surface area contributed by atoms with Crippen molar-refractivity contribution in [1.82, 2.24) is 0 Å². The van der Waals surface area contributed by atoms with Crippen LogP contribution in [0.2, 0.25) is 0 Å². The van der Waals surface area contributed by atoms with E-state index < -0.39 is 0 Å². The molecule has 0 spiro atoms. The molecule has 400 valence electrons. The fraction of sp³-hybridized carbons (Fsp3) is 0.351. The topological polar surface area (TPSA) is 22.9 Å². The zero-order valence-corrected chi connectivity index (χ0v) is 50.0. The van der Waals surface area contributed by atoms with Crippen LogP contribution in [0.3, 0.4) is 0 Å². The van der Waals surface area contributed by atoms with Gasteiger partial charge in [-0.3, -0.25) is 0 Å². The van der Waals surface area contributed by atoms with E-state index in [0.717, 1.165) is 57.4 Å². The molecule has 2 aliphatic carbocycles. The van der Waals surface area contributed by atoms with Gasteiger partial charge in [-0.1, -0.05) is 164 Å². The van der Waals surface area contributed by atoms with E-state index in [-0.39, 0.29) is 39.3 Å². The number of nitrogens with zero attached hydrogens (tertiary/aromatic N) is 3. The van der Waals surface area contributed by atoms with Crippen molar-refractivity contribution in [3.63, 3.8) is 0 Å². The quantitative estimate of drug-likeness (QED) is 0.160. The molecule has 3 heterocycles. The predicted molar refractivity (Wildman–Crippen MR) is 340 cm³/mol. The highest BCUT2D eigenvalue weighted by Gasteiger charge is 2.48. The van der Waals surface area contributed by atoms with Crippen LogP contribution in [0.15, 0.2) is 150 Å². The maximum Gasteiger partial charge on any atom is 0.333 e. The number of rotatable bonds is 5. The van der Waals surface area contributed by atoms with Crippen molar-refractivity contribution in [1.29, 1.82) is 0 Å². The minimum absolute atomic E-state index is 0.00665. The Morgan fingerprint density at radius 2 is 1.06 bits per heavy atom. The van der Waals surface area contributed by atoms with Gasteiger partial charge in [-0.2, -0.15) is 0 Å². The van der Waals surface area contributed by atoms with Crippen molar-refractivity contribution in [2.24, 2.45) is 0 Å². The first-order chi connectivity index (χ1) is 37.2. The number of anilines is 8. The van der Waals surface area contributed by atoms with Crippen LogP contribution in [-0.2, 0) is 32.5 Å². The van der Waals surface area contributed by atoms with Gasteiger partial charge in [-0.05, 0) is 212 Å². The summed E-state index contributed by atoms with van der Waals surface area (Å²) >= 11 is 0. The second-order valence-corrected chi connectivity index (χ2v) is 28.9. The lowest BCUT2D eigenvalue weighted by Crippen LogP contribution is -2.61. The maximum absolute atomic E-state index is 7.15. The van der Waals surface area contributed by atoms with Crippen molar-refractivity contribution in [2.75, 3.05) is 14.6 Å². The molecule has 0 atom stereocenters. The van der Waals surface area contributed by atoms with Gasteiger partial charge >= 0.3 is 6.85 Å². The zero-order valence-electron chi connectivity index (χ0n) is 50.0. The van der Waals surface area contributed by atoms with Crippen LogP contribution in [0.1, 0.15) is 167 Å². The predicted octanol–water partition coefficient (Wildman–Crippen LogP) is 19.7. The number of para-hydroxylation sites is 1. The Morgan fingerprint density at radius 1 is 0.481 bits per heavy atom. The van der Waals surface area contributed by atoms with E-state index in [1.807, 2.05) is 0 Å². The third-order valence-electron chi connectivity index (χ3n) is 19.4. The summed E-state index contributed by atoms with van der Waals surface area (Å²) in [5.74, 6) is 0. The third-order valence-corrected chi connectivity index (χ3v) is 19.4. The lowest BCUT2D eigenvalue weighted by atomic mass is 9.43. The van der Waals surface area contributed by atoms with Crippen LogP contribution in [-0.4, -0.2) is 6.85 Å². The summed E-state index contributed by atoms with van der Waals surface area (Å²) in [4.78, 5) is 7.91. The molecule has 2 aliphatic heterocycles. The van der Waals surface area contributed by atoms with Gasteiger partial charge in [0, 0.05) is 61.8 Å². The number of furan rings is 1. The molecular formula is C74H80BN3O. The third kappa shape index (κ3) is 8.05. The van der Waals surface area contributed by atoms with Crippen LogP contribution in [0.25, 0.3) is 33.1 Å². The van der Waals surface area contributed by atoms with Gasteiger partial charge in [0.25, 0.3) is 0 Å². The fourth-order valence-electron chi connectivity index (χ4n) is 14.4. The molecule has 5 heteroatoms. The van der Waals surface area contributed by atoms with Crippen molar-refractivity contribution in [3.05, 3.63) is 190 Å². The normalized spacial score (nSPS) is 17.5. The van der Waals surface area contributed by atoms with Crippen LogP contribution in [0, 0.1) is 13.8 Å². The van der Waals surface area contributed by atoms with E-state index in [1.165, 1.54) is 102 Å². The number of fused-ring (bicyclic) bond motifs is 10. The van der Waals surface area contributed by atoms with E-state index in [0.29, 0.717) is 0 Å². The molecule has 1 aromatic heterocycles. The lowest BCUT2D eigenvalue weighted by Gasteiger charge is -2.48. The monoisotopic (exact) mass is 1040 g/mol. The molecule has 0 fully saturated rings. The molecule has 0 bridgehead atoms. The Kier molecular flexibility index (Phi) is 11.2. The minimum atomic E-state index is -0.173. The highest BCUT2D eigenvalue weighted by Crippen LogP contribution is 2.55. The number of hydrogen-bond acceptors (Lipinski definition) is 4. The molecule has 4 aliphatic rings. The molecule has 0 unspecified atom stereocenters. The largest absolute Gasteiger partial charge is 0.455 e. The zero-order chi connectivity index (χ0) is 55.7. The summed E-state index contributed by atoms with van der Waals surface area (Å²) in [5, 5.41) is 2.30. The van der Waals surface area contributed by atoms with Gasteiger partial charge in [0.2, 0.25) is 0 Å². The van der Waals surface area contributed by atoms with Crippen LogP contribution >= 0.6 is 0 Å². The summed E-state index contributed by atoms with van der Waals surface area (Å²) in [6.07, 6.45) is 4.62. The fourth-order valence-corrected chi connectivity index (χ4v) is 14.4. The molecule has 4 nitrogen and oxygen atoms in total. The summed E-state index contributed by atoms with van der Waals surface area (Å²) in [7, 11) is 0. The van der Waals surface area contributed by atoms with Gasteiger partial charge in [-0.25, -0.2) is 0 Å². The molecule has 0 N–H and O–H groups in total. The number of aryl methyl sites for hydroxylation is 2. The molecule has 0 amide bonds. The summed E-state index contributed by atoms with van der Waals surface area (Å²) < 4.78 is 7.15. The van der Waals surface area contributed by atoms with E-state index in [9.17, 15) is 0 Å². The standard InChI is InChI=1S/C74H80BN3O/c1-45-37-55-66-61(32-29-54-53-25-17-18-26-65(53)79-68(54)66)78(52-27-30-56-58(42-52)73(13,14)34-33-71(56,9)10)75-60-31-28-51(76(49-23-19-21-47(40-49)69(3,4)5)50-24-20-22-48(41-50)70(6,7)8)43-63(60)77(64(38-45)67(55)75)62-44-59-57(39-46(62)2)72(11,12)35-36-74(59,15)16/h17-32,37-44H,33-36H2,1-16H3. The molecule has 0 radical (unpaired) electrons.